The van der Waals surface area contributed by atoms with Gasteiger partial charge in [0, 0.05) is 12.8 Å². The third kappa shape index (κ3) is 9.14. The van der Waals surface area contributed by atoms with Gasteiger partial charge in [-0.15, -0.1) is 0 Å². The maximum Gasteiger partial charge on any atom is 0.408 e. The summed E-state index contributed by atoms with van der Waals surface area (Å²) < 4.78 is 15.5. The van der Waals surface area contributed by atoms with Crippen molar-refractivity contribution in [2.24, 2.45) is 0 Å². The van der Waals surface area contributed by atoms with E-state index in [1.807, 2.05) is 60.7 Å². The summed E-state index contributed by atoms with van der Waals surface area (Å²) in [4.78, 5) is 50.7. The van der Waals surface area contributed by atoms with Gasteiger partial charge in [0.25, 0.3) is 0 Å². The highest BCUT2D eigenvalue weighted by atomic mass is 16.5. The Labute approximate surface area is 227 Å². The molecular formula is C30H34N2O7. The number of carbonyl (C=O) groups is 4. The van der Waals surface area contributed by atoms with Crippen molar-refractivity contribution in [3.05, 3.63) is 83.9 Å². The highest BCUT2D eigenvalue weighted by molar-refractivity contribution is 5.91. The van der Waals surface area contributed by atoms with E-state index in [4.69, 9.17) is 14.2 Å². The van der Waals surface area contributed by atoms with Gasteiger partial charge in [-0.25, -0.2) is 9.59 Å². The lowest BCUT2D eigenvalue weighted by Gasteiger charge is -2.23. The molecule has 9 nitrogen and oxygen atoms in total. The molecule has 0 fully saturated rings. The Balaban J connectivity index is 1.75. The van der Waals surface area contributed by atoms with Crippen LogP contribution in [0.15, 0.2) is 72.8 Å². The van der Waals surface area contributed by atoms with Gasteiger partial charge >= 0.3 is 18.0 Å². The zero-order valence-electron chi connectivity index (χ0n) is 22.2. The minimum atomic E-state index is -1.15. The van der Waals surface area contributed by atoms with Crippen LogP contribution in [-0.4, -0.2) is 49.2 Å². The second-order valence-corrected chi connectivity index (χ2v) is 8.76. The summed E-state index contributed by atoms with van der Waals surface area (Å²) in [6, 6.07) is 20.4. The average Bonchev–Trinajstić information content (AvgIpc) is 2.94. The van der Waals surface area contributed by atoms with Crippen LogP contribution in [0.1, 0.15) is 37.8 Å². The summed E-state index contributed by atoms with van der Waals surface area (Å²) in [6.45, 7) is 3.69. The molecule has 2 N–H and O–H groups in total. The number of hydrogen-bond acceptors (Lipinski definition) is 7. The minimum Gasteiger partial charge on any atom is -0.466 e. The SMILES string of the molecule is CCOC(=O)CC[C@H](NC(=O)OCc1ccccc1)C(=O)N[C@@H](Cc1cccc2ccccc12)C(=O)OCC. The fourth-order valence-electron chi connectivity index (χ4n) is 4.07. The molecule has 0 aromatic heterocycles. The van der Waals surface area contributed by atoms with Gasteiger partial charge in [0.2, 0.25) is 5.91 Å². The third-order valence-corrected chi connectivity index (χ3v) is 5.96. The first kappa shape index (κ1) is 29.2. The minimum absolute atomic E-state index is 0.00538. The van der Waals surface area contributed by atoms with Crippen LogP contribution < -0.4 is 10.6 Å². The van der Waals surface area contributed by atoms with Gasteiger partial charge in [-0.05, 0) is 42.2 Å². The van der Waals surface area contributed by atoms with Gasteiger partial charge < -0.3 is 24.8 Å². The quantitative estimate of drug-likeness (QED) is 0.251. The summed E-state index contributed by atoms with van der Waals surface area (Å²) in [5.41, 5.74) is 1.63. The highest BCUT2D eigenvalue weighted by Gasteiger charge is 2.29. The largest absolute Gasteiger partial charge is 0.466 e. The van der Waals surface area contributed by atoms with Crippen LogP contribution in [0.3, 0.4) is 0 Å². The molecule has 0 saturated carbocycles. The smallest absolute Gasteiger partial charge is 0.408 e. The summed E-state index contributed by atoms with van der Waals surface area (Å²) in [6.07, 6.45) is -0.813. The van der Waals surface area contributed by atoms with Crippen molar-refractivity contribution in [1.29, 1.82) is 0 Å². The molecule has 3 aromatic carbocycles. The molecule has 3 rings (SSSR count). The molecule has 0 spiro atoms. The van der Waals surface area contributed by atoms with Crippen LogP contribution in [0.25, 0.3) is 10.8 Å². The van der Waals surface area contributed by atoms with Crippen molar-refractivity contribution in [3.8, 4) is 0 Å². The number of nitrogens with one attached hydrogen (secondary N) is 2. The molecule has 0 aliphatic heterocycles. The molecule has 0 aliphatic rings. The molecule has 2 atom stereocenters. The predicted octanol–water partition coefficient (Wildman–Crippen LogP) is 4.07. The second-order valence-electron chi connectivity index (χ2n) is 8.76. The first-order chi connectivity index (χ1) is 18.9. The van der Waals surface area contributed by atoms with E-state index in [9.17, 15) is 19.2 Å². The molecule has 39 heavy (non-hydrogen) atoms. The van der Waals surface area contributed by atoms with Crippen LogP contribution in [0.2, 0.25) is 0 Å². The summed E-state index contributed by atoms with van der Waals surface area (Å²) in [5, 5.41) is 7.18. The first-order valence-electron chi connectivity index (χ1n) is 13.0. The lowest BCUT2D eigenvalue weighted by Crippen LogP contribution is -2.52. The number of fused-ring (bicyclic) bond motifs is 1. The fraction of sp³-hybridized carbons (Fsp3) is 0.333. The molecular weight excluding hydrogens is 500 g/mol. The van der Waals surface area contributed by atoms with E-state index in [1.54, 1.807) is 26.0 Å². The van der Waals surface area contributed by atoms with E-state index in [2.05, 4.69) is 10.6 Å². The predicted molar refractivity (Wildman–Crippen MR) is 146 cm³/mol. The van der Waals surface area contributed by atoms with Crippen LogP contribution >= 0.6 is 0 Å². The second kappa shape index (κ2) is 15.1. The number of esters is 2. The summed E-state index contributed by atoms with van der Waals surface area (Å²) in [5.74, 6) is -1.75. The number of ether oxygens (including phenoxy) is 3. The van der Waals surface area contributed by atoms with Gasteiger partial charge in [0.15, 0.2) is 0 Å². The standard InChI is InChI=1S/C30H34N2O7/c1-3-37-27(33)18-17-25(32-30(36)39-20-21-11-6-5-7-12-21)28(34)31-26(29(35)38-4-2)19-23-15-10-14-22-13-8-9-16-24(22)23/h5-16,25-26H,3-4,17-20H2,1-2H3,(H,31,34)(H,32,36)/t25-,26-/m0/s1. The van der Waals surface area contributed by atoms with E-state index in [1.165, 1.54) is 0 Å². The van der Waals surface area contributed by atoms with Gasteiger partial charge in [0.05, 0.1) is 13.2 Å². The van der Waals surface area contributed by atoms with Crippen molar-refractivity contribution >= 4 is 34.7 Å². The van der Waals surface area contributed by atoms with E-state index in [0.717, 1.165) is 21.9 Å². The topological polar surface area (TPSA) is 120 Å². The summed E-state index contributed by atoms with van der Waals surface area (Å²) in [7, 11) is 0. The van der Waals surface area contributed by atoms with Gasteiger partial charge in [-0.2, -0.15) is 0 Å². The molecule has 0 heterocycles. The lowest BCUT2D eigenvalue weighted by atomic mass is 9.98. The molecule has 3 aromatic rings. The Morgan fingerprint density at radius 2 is 1.44 bits per heavy atom. The number of amides is 2. The Bertz CT molecular complexity index is 1260. The van der Waals surface area contributed by atoms with Crippen molar-refractivity contribution in [2.75, 3.05) is 13.2 Å². The fourth-order valence-corrected chi connectivity index (χ4v) is 4.07. The van der Waals surface area contributed by atoms with Crippen LogP contribution in [-0.2, 0) is 41.6 Å². The van der Waals surface area contributed by atoms with Gasteiger partial charge in [-0.3, -0.25) is 9.59 Å². The number of alkyl carbamates (subject to hydrolysis) is 1. The monoisotopic (exact) mass is 534 g/mol. The molecule has 2 amide bonds. The average molecular weight is 535 g/mol. The third-order valence-electron chi connectivity index (χ3n) is 5.96. The maximum absolute atomic E-state index is 13.4. The zero-order chi connectivity index (χ0) is 28.0. The van der Waals surface area contributed by atoms with E-state index >= 15 is 0 Å². The van der Waals surface area contributed by atoms with Crippen molar-refractivity contribution in [3.63, 3.8) is 0 Å². The molecule has 206 valence electrons. The van der Waals surface area contributed by atoms with Crippen molar-refractivity contribution in [1.82, 2.24) is 10.6 Å². The lowest BCUT2D eigenvalue weighted by molar-refractivity contribution is -0.148. The Morgan fingerprint density at radius 3 is 2.18 bits per heavy atom. The van der Waals surface area contributed by atoms with Crippen LogP contribution in [0.5, 0.6) is 0 Å². The maximum atomic E-state index is 13.4. The Morgan fingerprint density at radius 1 is 0.744 bits per heavy atom. The van der Waals surface area contributed by atoms with Gasteiger partial charge in [-0.1, -0.05) is 72.8 Å². The summed E-state index contributed by atoms with van der Waals surface area (Å²) >= 11 is 0. The number of benzene rings is 3. The normalized spacial score (nSPS) is 12.2. The number of rotatable bonds is 13. The van der Waals surface area contributed by atoms with E-state index in [0.29, 0.717) is 0 Å². The van der Waals surface area contributed by atoms with Crippen LogP contribution in [0.4, 0.5) is 4.79 Å². The molecule has 0 saturated heterocycles. The van der Waals surface area contributed by atoms with Crippen LogP contribution in [0, 0.1) is 0 Å². The molecule has 0 bridgehead atoms. The Kier molecular flexibility index (Phi) is 11.3. The molecule has 0 radical (unpaired) electrons. The molecule has 0 unspecified atom stereocenters. The first-order valence-corrected chi connectivity index (χ1v) is 13.0. The molecule has 0 aliphatic carbocycles. The van der Waals surface area contributed by atoms with Crippen molar-refractivity contribution < 1.29 is 33.4 Å². The Hall–Kier alpha value is -4.40. The van der Waals surface area contributed by atoms with Crippen molar-refractivity contribution in [2.45, 2.75) is 51.8 Å². The van der Waals surface area contributed by atoms with Gasteiger partial charge in [0.1, 0.15) is 18.7 Å². The zero-order valence-corrected chi connectivity index (χ0v) is 22.2. The highest BCUT2D eigenvalue weighted by Crippen LogP contribution is 2.20. The van der Waals surface area contributed by atoms with E-state index in [-0.39, 0.29) is 39.1 Å². The number of carbonyl (C=O) groups excluding carboxylic acids is 4. The number of hydrogen-bond donors (Lipinski definition) is 2. The molecule has 9 heteroatoms. The van der Waals surface area contributed by atoms with E-state index < -0.39 is 36.0 Å².